The monoisotopic (exact) mass is 602 g/mol. The summed E-state index contributed by atoms with van der Waals surface area (Å²) < 4.78 is 30.4. The Morgan fingerprint density at radius 3 is 2.19 bits per heavy atom. The number of halogens is 1. The summed E-state index contributed by atoms with van der Waals surface area (Å²) in [5.74, 6) is 1.04. The molecule has 1 N–H and O–H groups in total. The summed E-state index contributed by atoms with van der Waals surface area (Å²) in [6.45, 7) is 3.98. The van der Waals surface area contributed by atoms with Crippen molar-refractivity contribution in [2.24, 2.45) is 0 Å². The van der Waals surface area contributed by atoms with Gasteiger partial charge in [0.15, 0.2) is 11.5 Å². The molecule has 0 radical (unpaired) electrons. The van der Waals surface area contributed by atoms with E-state index in [0.717, 1.165) is 33.6 Å². The third kappa shape index (κ3) is 8.30. The second kappa shape index (κ2) is 15.3. The van der Waals surface area contributed by atoms with Gasteiger partial charge in [0.2, 0.25) is 0 Å². The molecular weight excluding hydrogens is 564 g/mol. The highest BCUT2D eigenvalue weighted by molar-refractivity contribution is 6.33. The summed E-state index contributed by atoms with van der Waals surface area (Å²) in [6, 6.07) is 30.1. The van der Waals surface area contributed by atoms with Crippen LogP contribution in [0, 0.1) is 0 Å². The minimum absolute atomic E-state index is 0.0821. The molecule has 1 heterocycles. The van der Waals surface area contributed by atoms with Gasteiger partial charge in [0, 0.05) is 18.4 Å². The van der Waals surface area contributed by atoms with Crippen molar-refractivity contribution in [2.75, 3.05) is 20.3 Å². The summed E-state index contributed by atoms with van der Waals surface area (Å²) in [6.07, 6.45) is 1.14. The van der Waals surface area contributed by atoms with E-state index in [0.29, 0.717) is 51.4 Å². The molecule has 4 aromatic rings. The van der Waals surface area contributed by atoms with Gasteiger partial charge in [-0.15, -0.1) is 0 Å². The highest BCUT2D eigenvalue weighted by Gasteiger charge is 2.34. The second-order valence-electron chi connectivity index (χ2n) is 10.7. The number of phenolic OH excluding ortho intramolecular Hbond substituents is 1. The Labute approximate surface area is 259 Å². The molecule has 226 valence electrons. The fourth-order valence-electron chi connectivity index (χ4n) is 5.46. The van der Waals surface area contributed by atoms with Crippen molar-refractivity contribution >= 4 is 11.6 Å². The van der Waals surface area contributed by atoms with Gasteiger partial charge in [-0.05, 0) is 53.8 Å². The highest BCUT2D eigenvalue weighted by atomic mass is 35.5. The first kappa shape index (κ1) is 30.9. The standard InChI is InChI=1S/C36H39ClO6/c1-3-41-29-16-14-25(15-17-29)18-28-19-32(36(39-2)35(38)34(28)37)33-21-30(42-23-27-12-8-5-9-13-27)20-31(43-33)24-40-22-26-10-6-4-7-11-26/h4-17,19,30-31,33,38H,3,18,20-24H2,1-2H3. The van der Waals surface area contributed by atoms with Crippen molar-refractivity contribution in [1.29, 1.82) is 0 Å². The van der Waals surface area contributed by atoms with E-state index in [1.165, 1.54) is 7.11 Å². The number of hydrogen-bond donors (Lipinski definition) is 1. The number of phenols is 1. The maximum atomic E-state index is 11.1. The largest absolute Gasteiger partial charge is 0.503 e. The van der Waals surface area contributed by atoms with Gasteiger partial charge in [-0.2, -0.15) is 0 Å². The lowest BCUT2D eigenvalue weighted by Crippen LogP contribution is -2.36. The van der Waals surface area contributed by atoms with Crippen LogP contribution in [0.4, 0.5) is 0 Å². The van der Waals surface area contributed by atoms with Gasteiger partial charge >= 0.3 is 0 Å². The van der Waals surface area contributed by atoms with Gasteiger partial charge in [0.05, 0.1) is 56.9 Å². The molecule has 1 fully saturated rings. The van der Waals surface area contributed by atoms with Crippen molar-refractivity contribution in [3.05, 3.63) is 124 Å². The summed E-state index contributed by atoms with van der Waals surface area (Å²) in [4.78, 5) is 0. The van der Waals surface area contributed by atoms with Crippen LogP contribution in [0.5, 0.6) is 17.2 Å². The molecule has 0 spiro atoms. The number of hydrogen-bond acceptors (Lipinski definition) is 6. The number of ether oxygens (including phenoxy) is 5. The van der Waals surface area contributed by atoms with E-state index >= 15 is 0 Å². The lowest BCUT2D eigenvalue weighted by Gasteiger charge is -2.36. The van der Waals surface area contributed by atoms with Gasteiger partial charge in [0.1, 0.15) is 5.75 Å². The highest BCUT2D eigenvalue weighted by Crippen LogP contribution is 2.46. The Bertz CT molecular complexity index is 1430. The third-order valence-corrected chi connectivity index (χ3v) is 8.00. The zero-order chi connectivity index (χ0) is 30.0. The molecule has 0 saturated carbocycles. The minimum atomic E-state index is -0.392. The zero-order valence-corrected chi connectivity index (χ0v) is 25.5. The Kier molecular flexibility index (Phi) is 11.0. The SMILES string of the molecule is CCOc1ccc(Cc2cc(C3CC(OCc4ccccc4)CC(COCc4ccccc4)O3)c(OC)c(O)c2Cl)cc1. The van der Waals surface area contributed by atoms with E-state index in [-0.39, 0.29) is 23.0 Å². The molecule has 1 saturated heterocycles. The topological polar surface area (TPSA) is 66.4 Å². The summed E-state index contributed by atoms with van der Waals surface area (Å²) in [7, 11) is 1.54. The summed E-state index contributed by atoms with van der Waals surface area (Å²) in [5, 5.41) is 11.4. The van der Waals surface area contributed by atoms with Crippen molar-refractivity contribution in [2.45, 2.75) is 57.7 Å². The molecule has 0 amide bonds. The maximum Gasteiger partial charge on any atom is 0.177 e. The molecule has 3 atom stereocenters. The first-order valence-electron chi connectivity index (χ1n) is 14.8. The van der Waals surface area contributed by atoms with Crippen LogP contribution < -0.4 is 9.47 Å². The van der Waals surface area contributed by atoms with Crippen molar-refractivity contribution in [3.63, 3.8) is 0 Å². The van der Waals surface area contributed by atoms with E-state index in [2.05, 4.69) is 12.1 Å². The molecule has 1 aliphatic rings. The van der Waals surface area contributed by atoms with Crippen LogP contribution in [0.1, 0.15) is 53.7 Å². The molecule has 43 heavy (non-hydrogen) atoms. The lowest BCUT2D eigenvalue weighted by atomic mass is 9.92. The normalized spacial score (nSPS) is 18.3. The Morgan fingerprint density at radius 1 is 0.860 bits per heavy atom. The summed E-state index contributed by atoms with van der Waals surface area (Å²) in [5.41, 5.74) is 4.79. The van der Waals surface area contributed by atoms with Crippen LogP contribution in [0.15, 0.2) is 91.0 Å². The fourth-order valence-corrected chi connectivity index (χ4v) is 5.67. The summed E-state index contributed by atoms with van der Waals surface area (Å²) >= 11 is 6.68. The van der Waals surface area contributed by atoms with Gasteiger partial charge in [0.25, 0.3) is 0 Å². The van der Waals surface area contributed by atoms with Crippen LogP contribution in [-0.2, 0) is 33.8 Å². The molecule has 6 nitrogen and oxygen atoms in total. The first-order chi connectivity index (χ1) is 21.0. The fraction of sp³-hybridized carbons (Fsp3) is 0.333. The molecule has 3 unspecified atom stereocenters. The predicted molar refractivity (Wildman–Crippen MR) is 168 cm³/mol. The second-order valence-corrected chi connectivity index (χ2v) is 11.1. The van der Waals surface area contributed by atoms with Crippen molar-refractivity contribution < 1.29 is 28.8 Å². The quantitative estimate of drug-likeness (QED) is 0.167. The Balaban J connectivity index is 1.38. The van der Waals surface area contributed by atoms with Gasteiger partial charge in [-0.25, -0.2) is 0 Å². The van der Waals surface area contributed by atoms with E-state index in [4.69, 9.17) is 35.3 Å². The average Bonchev–Trinajstić information content (AvgIpc) is 3.04. The van der Waals surface area contributed by atoms with E-state index < -0.39 is 6.10 Å². The van der Waals surface area contributed by atoms with Crippen LogP contribution in [0.3, 0.4) is 0 Å². The predicted octanol–water partition coefficient (Wildman–Crippen LogP) is 8.07. The van der Waals surface area contributed by atoms with Crippen LogP contribution in [0.2, 0.25) is 5.02 Å². The lowest BCUT2D eigenvalue weighted by molar-refractivity contribution is -0.142. The first-order valence-corrected chi connectivity index (χ1v) is 15.1. The number of aromatic hydroxyl groups is 1. The van der Waals surface area contributed by atoms with Gasteiger partial charge < -0.3 is 28.8 Å². The van der Waals surface area contributed by atoms with Crippen LogP contribution in [0.25, 0.3) is 0 Å². The van der Waals surface area contributed by atoms with Crippen molar-refractivity contribution in [3.8, 4) is 17.2 Å². The van der Waals surface area contributed by atoms with Crippen LogP contribution >= 0.6 is 11.6 Å². The molecule has 0 aliphatic carbocycles. The van der Waals surface area contributed by atoms with E-state index in [9.17, 15) is 5.11 Å². The molecule has 1 aliphatic heterocycles. The molecule has 0 bridgehead atoms. The van der Waals surface area contributed by atoms with E-state index in [1.807, 2.05) is 85.8 Å². The number of methoxy groups -OCH3 is 1. The molecule has 4 aromatic carbocycles. The smallest absolute Gasteiger partial charge is 0.177 e. The molecular formula is C36H39ClO6. The third-order valence-electron chi connectivity index (χ3n) is 7.58. The van der Waals surface area contributed by atoms with E-state index in [1.54, 1.807) is 0 Å². The van der Waals surface area contributed by atoms with Crippen molar-refractivity contribution in [1.82, 2.24) is 0 Å². The average molecular weight is 603 g/mol. The van der Waals surface area contributed by atoms with Gasteiger partial charge in [-0.1, -0.05) is 84.4 Å². The number of rotatable bonds is 13. The molecule has 7 heteroatoms. The Hall–Kier alpha value is -3.55. The number of benzene rings is 4. The van der Waals surface area contributed by atoms with Crippen LogP contribution in [-0.4, -0.2) is 37.6 Å². The zero-order valence-electron chi connectivity index (χ0n) is 24.7. The molecule has 0 aromatic heterocycles. The maximum absolute atomic E-state index is 11.1. The minimum Gasteiger partial charge on any atom is -0.503 e. The molecule has 5 rings (SSSR count). The Morgan fingerprint density at radius 2 is 1.53 bits per heavy atom. The van der Waals surface area contributed by atoms with Gasteiger partial charge in [-0.3, -0.25) is 0 Å².